The summed E-state index contributed by atoms with van der Waals surface area (Å²) in [6.07, 6.45) is 10.1. The van der Waals surface area contributed by atoms with Crippen molar-refractivity contribution in [3.8, 4) is 0 Å². The third-order valence-electron chi connectivity index (χ3n) is 3.13. The van der Waals surface area contributed by atoms with Crippen molar-refractivity contribution in [1.82, 2.24) is 0 Å². The van der Waals surface area contributed by atoms with Crippen molar-refractivity contribution in [3.05, 3.63) is 12.2 Å². The zero-order valence-electron chi connectivity index (χ0n) is 9.64. The van der Waals surface area contributed by atoms with E-state index in [0.717, 1.165) is 31.8 Å². The molecule has 0 aliphatic heterocycles. The summed E-state index contributed by atoms with van der Waals surface area (Å²) in [7, 11) is 0. The summed E-state index contributed by atoms with van der Waals surface area (Å²) in [5.41, 5.74) is 0. The van der Waals surface area contributed by atoms with Gasteiger partial charge >= 0.3 is 0 Å². The van der Waals surface area contributed by atoms with Crippen molar-refractivity contribution in [2.45, 2.75) is 64.2 Å². The minimum Gasteiger partial charge on any atom is -0.202 e. The fourth-order valence-corrected chi connectivity index (χ4v) is 2.12. The van der Waals surface area contributed by atoms with Gasteiger partial charge in [0.25, 0.3) is 5.92 Å². The zero-order valence-corrected chi connectivity index (χ0v) is 9.64. The minimum atomic E-state index is -2.57. The second-order valence-corrected chi connectivity index (χ2v) is 4.62. The second kappa shape index (κ2) is 6.24. The summed E-state index contributed by atoms with van der Waals surface area (Å²) in [6, 6.07) is 0. The molecular weight excluding hydrogens is 194 g/mol. The number of halogens is 2. The molecule has 1 aliphatic carbocycles. The molecule has 0 aromatic rings. The fourth-order valence-electron chi connectivity index (χ4n) is 2.12. The summed E-state index contributed by atoms with van der Waals surface area (Å²) in [6.45, 7) is 2.03. The first-order chi connectivity index (χ1) is 7.14. The van der Waals surface area contributed by atoms with E-state index in [4.69, 9.17) is 0 Å². The summed E-state index contributed by atoms with van der Waals surface area (Å²) < 4.78 is 26.6. The quantitative estimate of drug-likeness (QED) is 0.435. The Balaban J connectivity index is 2.26. The van der Waals surface area contributed by atoms with Crippen LogP contribution in [0, 0.1) is 5.92 Å². The normalized spacial score (nSPS) is 19.1. The maximum Gasteiger partial charge on any atom is 0.266 e. The number of hydrogen-bond donors (Lipinski definition) is 0. The Morgan fingerprint density at radius 1 is 1.20 bits per heavy atom. The van der Waals surface area contributed by atoms with E-state index >= 15 is 0 Å². The summed E-state index contributed by atoms with van der Waals surface area (Å²) in [5, 5.41) is 0. The van der Waals surface area contributed by atoms with Gasteiger partial charge in [-0.3, -0.25) is 0 Å². The number of hydrogen-bond acceptors (Lipinski definition) is 0. The molecule has 1 rings (SSSR count). The Labute approximate surface area is 91.8 Å². The first-order valence-electron chi connectivity index (χ1n) is 6.21. The highest BCUT2D eigenvalue weighted by molar-refractivity contribution is 4.99. The van der Waals surface area contributed by atoms with Gasteiger partial charge in [-0.05, 0) is 31.3 Å². The average molecular weight is 216 g/mol. The molecule has 2 heteroatoms. The van der Waals surface area contributed by atoms with E-state index in [2.05, 4.69) is 0 Å². The lowest BCUT2D eigenvalue weighted by Gasteiger charge is -2.12. The van der Waals surface area contributed by atoms with Gasteiger partial charge in [-0.25, -0.2) is 8.78 Å². The molecule has 0 saturated heterocycles. The predicted octanol–water partition coefficient (Wildman–Crippen LogP) is 4.95. The first kappa shape index (κ1) is 12.7. The lowest BCUT2D eigenvalue weighted by molar-refractivity contribution is 0.0422. The van der Waals surface area contributed by atoms with Gasteiger partial charge in [-0.2, -0.15) is 0 Å². The van der Waals surface area contributed by atoms with Crippen molar-refractivity contribution < 1.29 is 8.78 Å². The Morgan fingerprint density at radius 3 is 2.47 bits per heavy atom. The molecule has 88 valence electrons. The SMILES string of the molecule is CCCCCC(F)(F)/C=C/C1CCCC1. The van der Waals surface area contributed by atoms with Gasteiger partial charge in [-0.15, -0.1) is 0 Å². The van der Waals surface area contributed by atoms with Crippen LogP contribution in [0.15, 0.2) is 12.2 Å². The van der Waals surface area contributed by atoms with Crippen LogP contribution < -0.4 is 0 Å². The average Bonchev–Trinajstić information content (AvgIpc) is 2.68. The van der Waals surface area contributed by atoms with Crippen LogP contribution in [0.5, 0.6) is 0 Å². The molecule has 0 nitrogen and oxygen atoms in total. The van der Waals surface area contributed by atoms with Crippen molar-refractivity contribution in [3.63, 3.8) is 0 Å². The molecule has 1 saturated carbocycles. The van der Waals surface area contributed by atoms with Gasteiger partial charge in [0.1, 0.15) is 0 Å². The van der Waals surface area contributed by atoms with Gasteiger partial charge in [0, 0.05) is 6.42 Å². The fraction of sp³-hybridized carbons (Fsp3) is 0.846. The largest absolute Gasteiger partial charge is 0.266 e. The van der Waals surface area contributed by atoms with Crippen LogP contribution in [-0.4, -0.2) is 5.92 Å². The van der Waals surface area contributed by atoms with E-state index in [1.54, 1.807) is 6.08 Å². The molecule has 15 heavy (non-hydrogen) atoms. The van der Waals surface area contributed by atoms with Crippen LogP contribution in [0.25, 0.3) is 0 Å². The van der Waals surface area contributed by atoms with E-state index in [0.29, 0.717) is 12.3 Å². The van der Waals surface area contributed by atoms with E-state index < -0.39 is 5.92 Å². The van der Waals surface area contributed by atoms with Gasteiger partial charge < -0.3 is 0 Å². The predicted molar refractivity (Wildman–Crippen MR) is 60.2 cm³/mol. The van der Waals surface area contributed by atoms with Gasteiger partial charge in [0.2, 0.25) is 0 Å². The van der Waals surface area contributed by atoms with Crippen LogP contribution in [0.1, 0.15) is 58.3 Å². The highest BCUT2D eigenvalue weighted by Gasteiger charge is 2.24. The molecule has 0 aromatic carbocycles. The van der Waals surface area contributed by atoms with E-state index in [9.17, 15) is 8.78 Å². The van der Waals surface area contributed by atoms with Crippen molar-refractivity contribution in [2.75, 3.05) is 0 Å². The first-order valence-corrected chi connectivity index (χ1v) is 6.21. The van der Waals surface area contributed by atoms with Crippen molar-refractivity contribution in [1.29, 1.82) is 0 Å². The monoisotopic (exact) mass is 216 g/mol. The van der Waals surface area contributed by atoms with E-state index in [-0.39, 0.29) is 6.42 Å². The molecule has 0 amide bonds. The second-order valence-electron chi connectivity index (χ2n) is 4.62. The van der Waals surface area contributed by atoms with Crippen LogP contribution in [0.2, 0.25) is 0 Å². The Bertz CT molecular complexity index is 191. The zero-order chi connectivity index (χ0) is 11.1. The molecule has 0 unspecified atom stereocenters. The smallest absolute Gasteiger partial charge is 0.202 e. The van der Waals surface area contributed by atoms with E-state index in [1.165, 1.54) is 12.8 Å². The number of unbranched alkanes of at least 4 members (excludes halogenated alkanes) is 2. The lowest BCUT2D eigenvalue weighted by Crippen LogP contribution is -2.12. The Morgan fingerprint density at radius 2 is 1.87 bits per heavy atom. The minimum absolute atomic E-state index is 0.0179. The van der Waals surface area contributed by atoms with Crippen LogP contribution in [-0.2, 0) is 0 Å². The number of alkyl halides is 2. The number of rotatable bonds is 6. The van der Waals surface area contributed by atoms with Crippen molar-refractivity contribution in [2.24, 2.45) is 5.92 Å². The third-order valence-corrected chi connectivity index (χ3v) is 3.13. The summed E-state index contributed by atoms with van der Waals surface area (Å²) in [4.78, 5) is 0. The maximum absolute atomic E-state index is 13.3. The Kier molecular flexibility index (Phi) is 5.27. The van der Waals surface area contributed by atoms with Crippen molar-refractivity contribution >= 4 is 0 Å². The van der Waals surface area contributed by atoms with Crippen LogP contribution in [0.3, 0.4) is 0 Å². The molecule has 0 spiro atoms. The molecule has 1 aliphatic rings. The van der Waals surface area contributed by atoms with E-state index in [1.807, 2.05) is 6.92 Å². The molecule has 0 N–H and O–H groups in total. The van der Waals surface area contributed by atoms with Gasteiger partial charge in [0.15, 0.2) is 0 Å². The highest BCUT2D eigenvalue weighted by Crippen LogP contribution is 2.29. The maximum atomic E-state index is 13.3. The van der Waals surface area contributed by atoms with Crippen LogP contribution >= 0.6 is 0 Å². The standard InChI is InChI=1S/C13H22F2/c1-2-3-6-10-13(14,15)11-9-12-7-4-5-8-12/h9,11-12H,2-8,10H2,1H3/b11-9+. The van der Waals surface area contributed by atoms with Gasteiger partial charge in [-0.1, -0.05) is 38.7 Å². The molecule has 0 heterocycles. The lowest BCUT2D eigenvalue weighted by atomic mass is 10.0. The molecule has 0 atom stereocenters. The molecule has 0 aromatic heterocycles. The number of allylic oxidation sites excluding steroid dienone is 2. The summed E-state index contributed by atoms with van der Waals surface area (Å²) in [5.74, 6) is -2.15. The topological polar surface area (TPSA) is 0 Å². The molecule has 0 bridgehead atoms. The Hall–Kier alpha value is -0.400. The molecule has 1 fully saturated rings. The van der Waals surface area contributed by atoms with Gasteiger partial charge in [0.05, 0.1) is 0 Å². The van der Waals surface area contributed by atoms with Crippen LogP contribution in [0.4, 0.5) is 8.78 Å². The summed E-state index contributed by atoms with van der Waals surface area (Å²) >= 11 is 0. The highest BCUT2D eigenvalue weighted by atomic mass is 19.3. The third kappa shape index (κ3) is 5.29. The molecular formula is C13H22F2. The molecule has 0 radical (unpaired) electrons.